The number of halogens is 1. The number of hydrogen-bond donors (Lipinski definition) is 2. The van der Waals surface area contributed by atoms with Gasteiger partial charge in [0.25, 0.3) is 11.2 Å². The van der Waals surface area contributed by atoms with Crippen molar-refractivity contribution in [1.29, 1.82) is 0 Å². The number of nitro benzene ring substituents is 1. The van der Waals surface area contributed by atoms with Gasteiger partial charge in [0, 0.05) is 24.1 Å². The molecule has 0 saturated carbocycles. The number of anilines is 1. The van der Waals surface area contributed by atoms with E-state index >= 15 is 0 Å². The number of nitrogens with one attached hydrogen (secondary N) is 2. The molecule has 0 radical (unpaired) electrons. The fourth-order valence-electron chi connectivity index (χ4n) is 3.11. The predicted octanol–water partition coefficient (Wildman–Crippen LogP) is 5.34. The molecule has 30 heavy (non-hydrogen) atoms. The first kappa shape index (κ1) is 19.8. The van der Waals surface area contributed by atoms with E-state index in [9.17, 15) is 14.9 Å². The van der Waals surface area contributed by atoms with E-state index in [1.807, 2.05) is 35.7 Å². The highest BCUT2D eigenvalue weighted by molar-refractivity contribution is 7.17. The van der Waals surface area contributed by atoms with E-state index < -0.39 is 4.92 Å². The number of rotatable bonds is 5. The second-order valence-electron chi connectivity index (χ2n) is 6.39. The fourth-order valence-corrected chi connectivity index (χ4v) is 4.27. The third-order valence-corrected chi connectivity index (χ3v) is 5.70. The van der Waals surface area contributed by atoms with E-state index in [4.69, 9.17) is 11.6 Å². The van der Waals surface area contributed by atoms with Crippen molar-refractivity contribution in [1.82, 2.24) is 9.97 Å². The minimum atomic E-state index is -0.472. The lowest BCUT2D eigenvalue weighted by atomic mass is 10.1. The van der Waals surface area contributed by atoms with Gasteiger partial charge < -0.3 is 10.3 Å². The number of hydrogen-bond acceptors (Lipinski definition) is 6. The summed E-state index contributed by atoms with van der Waals surface area (Å²) in [5.41, 5.74) is 2.30. The van der Waals surface area contributed by atoms with Crippen LogP contribution in [0.2, 0.25) is 0 Å². The zero-order valence-corrected chi connectivity index (χ0v) is 17.3. The lowest BCUT2D eigenvalue weighted by Gasteiger charge is -2.04. The highest BCUT2D eigenvalue weighted by atomic mass is 35.5. The molecular weight excluding hydrogens is 424 g/mol. The number of fused-ring (bicyclic) bond motifs is 1. The molecule has 0 unspecified atom stereocenters. The SMILES string of the molecule is CNc1ccc(/C=C(\Cl)c2nc3scc(-c4ccccc4)c3c(=O)[nH]2)cc1[N+](=O)[O-]. The third kappa shape index (κ3) is 3.70. The first-order chi connectivity index (χ1) is 14.5. The summed E-state index contributed by atoms with van der Waals surface area (Å²) < 4.78 is 0. The van der Waals surface area contributed by atoms with Crippen LogP contribution in [-0.4, -0.2) is 21.9 Å². The summed E-state index contributed by atoms with van der Waals surface area (Å²) in [7, 11) is 1.61. The number of aromatic nitrogens is 2. The van der Waals surface area contributed by atoms with Gasteiger partial charge in [0.15, 0.2) is 5.82 Å². The molecule has 0 aliphatic heterocycles. The Bertz CT molecular complexity index is 1350. The van der Waals surface area contributed by atoms with Gasteiger partial charge in [-0.05, 0) is 23.3 Å². The molecule has 0 amide bonds. The summed E-state index contributed by atoms with van der Waals surface area (Å²) in [6.45, 7) is 0. The quantitative estimate of drug-likeness (QED) is 0.323. The maximum absolute atomic E-state index is 12.8. The number of benzene rings is 2. The first-order valence-electron chi connectivity index (χ1n) is 8.88. The van der Waals surface area contributed by atoms with Crippen molar-refractivity contribution in [2.45, 2.75) is 0 Å². The first-order valence-corrected chi connectivity index (χ1v) is 10.1. The zero-order valence-electron chi connectivity index (χ0n) is 15.7. The maximum Gasteiger partial charge on any atom is 0.292 e. The van der Waals surface area contributed by atoms with Crippen LogP contribution in [0.15, 0.2) is 58.7 Å². The topological polar surface area (TPSA) is 101 Å². The molecule has 0 fully saturated rings. The van der Waals surface area contributed by atoms with Gasteiger partial charge in [-0.3, -0.25) is 14.9 Å². The summed E-state index contributed by atoms with van der Waals surface area (Å²) >= 11 is 7.75. The Labute approximate surface area is 179 Å². The second kappa shape index (κ2) is 8.10. The van der Waals surface area contributed by atoms with Crippen molar-refractivity contribution in [2.24, 2.45) is 0 Å². The van der Waals surface area contributed by atoms with Gasteiger partial charge in [-0.25, -0.2) is 4.98 Å². The van der Waals surface area contributed by atoms with Crippen LogP contribution >= 0.6 is 22.9 Å². The van der Waals surface area contributed by atoms with Gasteiger partial charge >= 0.3 is 0 Å². The van der Waals surface area contributed by atoms with Crippen LogP contribution in [0.4, 0.5) is 11.4 Å². The lowest BCUT2D eigenvalue weighted by Crippen LogP contribution is -2.10. The van der Waals surface area contributed by atoms with E-state index in [-0.39, 0.29) is 22.1 Å². The van der Waals surface area contributed by atoms with Crippen molar-refractivity contribution < 1.29 is 4.92 Å². The molecule has 2 aromatic heterocycles. The van der Waals surface area contributed by atoms with Gasteiger partial charge in [0.2, 0.25) is 0 Å². The Morgan fingerprint density at radius 2 is 2.03 bits per heavy atom. The van der Waals surface area contributed by atoms with Crippen LogP contribution in [0.25, 0.3) is 32.5 Å². The molecule has 0 bridgehead atoms. The van der Waals surface area contributed by atoms with Crippen LogP contribution in [0.3, 0.4) is 0 Å². The number of thiophene rings is 1. The summed E-state index contributed by atoms with van der Waals surface area (Å²) in [6, 6.07) is 14.3. The molecule has 2 N–H and O–H groups in total. The van der Waals surface area contributed by atoms with Crippen LogP contribution in [0, 0.1) is 10.1 Å². The molecule has 0 aliphatic rings. The van der Waals surface area contributed by atoms with E-state index in [1.165, 1.54) is 23.5 Å². The van der Waals surface area contributed by atoms with Gasteiger partial charge in [0.1, 0.15) is 10.5 Å². The average molecular weight is 439 g/mol. The molecule has 4 aromatic rings. The smallest absolute Gasteiger partial charge is 0.292 e. The Kier molecular flexibility index (Phi) is 5.35. The highest BCUT2D eigenvalue weighted by Crippen LogP contribution is 2.32. The van der Waals surface area contributed by atoms with Crippen molar-refractivity contribution in [3.05, 3.63) is 85.8 Å². The molecule has 0 saturated heterocycles. The lowest BCUT2D eigenvalue weighted by molar-refractivity contribution is -0.383. The van der Waals surface area contributed by atoms with Gasteiger partial charge in [0.05, 0.1) is 15.3 Å². The monoisotopic (exact) mass is 438 g/mol. The third-order valence-electron chi connectivity index (χ3n) is 4.54. The van der Waals surface area contributed by atoms with Crippen molar-refractivity contribution in [2.75, 3.05) is 12.4 Å². The highest BCUT2D eigenvalue weighted by Gasteiger charge is 2.16. The van der Waals surface area contributed by atoms with Crippen LogP contribution in [0.5, 0.6) is 0 Å². The van der Waals surface area contributed by atoms with E-state index in [1.54, 1.807) is 19.2 Å². The predicted molar refractivity (Wildman–Crippen MR) is 122 cm³/mol. The van der Waals surface area contributed by atoms with E-state index in [0.29, 0.717) is 21.5 Å². The minimum absolute atomic E-state index is 0.0709. The van der Waals surface area contributed by atoms with Crippen molar-refractivity contribution >= 4 is 55.6 Å². The second-order valence-corrected chi connectivity index (χ2v) is 7.65. The summed E-state index contributed by atoms with van der Waals surface area (Å²) in [6.07, 6.45) is 1.53. The number of H-pyrrole nitrogens is 1. The van der Waals surface area contributed by atoms with Gasteiger partial charge in [-0.15, -0.1) is 11.3 Å². The van der Waals surface area contributed by atoms with E-state index in [0.717, 1.165) is 11.1 Å². The Hall–Kier alpha value is -3.49. The minimum Gasteiger partial charge on any atom is -0.383 e. The molecule has 0 aliphatic carbocycles. The van der Waals surface area contributed by atoms with Gasteiger partial charge in [-0.1, -0.05) is 48.0 Å². The molecule has 2 aromatic carbocycles. The molecule has 0 spiro atoms. The molecule has 150 valence electrons. The van der Waals surface area contributed by atoms with Crippen LogP contribution < -0.4 is 10.9 Å². The maximum atomic E-state index is 12.8. The zero-order chi connectivity index (χ0) is 21.3. The molecule has 0 atom stereocenters. The van der Waals surface area contributed by atoms with Crippen LogP contribution in [-0.2, 0) is 0 Å². The number of nitrogens with zero attached hydrogens (tertiary/aromatic N) is 2. The summed E-state index contributed by atoms with van der Waals surface area (Å²) in [5, 5.41) is 16.6. The fraction of sp³-hybridized carbons (Fsp3) is 0.0476. The normalized spacial score (nSPS) is 11.6. The molecule has 2 heterocycles. The average Bonchev–Trinajstić information content (AvgIpc) is 3.19. The van der Waals surface area contributed by atoms with Gasteiger partial charge in [-0.2, -0.15) is 0 Å². The molecule has 9 heteroatoms. The summed E-state index contributed by atoms with van der Waals surface area (Å²) in [4.78, 5) is 31.3. The van der Waals surface area contributed by atoms with E-state index in [2.05, 4.69) is 15.3 Å². The van der Waals surface area contributed by atoms with Crippen LogP contribution in [0.1, 0.15) is 11.4 Å². The molecule has 4 rings (SSSR count). The van der Waals surface area contributed by atoms with Crippen molar-refractivity contribution in [3.63, 3.8) is 0 Å². The number of nitro groups is 1. The largest absolute Gasteiger partial charge is 0.383 e. The Morgan fingerprint density at radius 3 is 2.73 bits per heavy atom. The summed E-state index contributed by atoms with van der Waals surface area (Å²) in [5.74, 6) is 0.205. The molecule has 7 nitrogen and oxygen atoms in total. The van der Waals surface area contributed by atoms with Crippen molar-refractivity contribution in [3.8, 4) is 11.1 Å². The molecular formula is C21H15ClN4O3S. The number of aromatic amines is 1. The Balaban J connectivity index is 1.76. The standard InChI is InChI=1S/C21H15ClN4O3S/c1-23-16-8-7-12(10-17(16)26(28)29)9-15(22)19-24-20(27)18-14(11-30-21(18)25-19)13-5-3-2-4-6-13/h2-11,23H,1H3,(H,24,25,27)/b15-9-. The Morgan fingerprint density at radius 1 is 1.27 bits per heavy atom.